The number of amides is 3. The van der Waals surface area contributed by atoms with E-state index in [1.165, 1.54) is 25.6 Å². The molecule has 1 aromatic carbocycles. The minimum Gasteiger partial charge on any atom is -0.494 e. The van der Waals surface area contributed by atoms with E-state index in [2.05, 4.69) is 30.8 Å². The maximum absolute atomic E-state index is 12.8. The quantitative estimate of drug-likeness (QED) is 0.387. The molecule has 3 N–H and O–H groups in total. The third kappa shape index (κ3) is 5.24. The number of para-hydroxylation sites is 1. The summed E-state index contributed by atoms with van der Waals surface area (Å²) in [6.07, 6.45) is 6.45. The number of benzene rings is 1. The fourth-order valence-electron chi connectivity index (χ4n) is 3.93. The lowest BCUT2D eigenvalue weighted by Gasteiger charge is -2.17. The molecule has 12 heteroatoms. The first kappa shape index (κ1) is 21.5. The van der Waals surface area contributed by atoms with Crippen molar-refractivity contribution in [2.75, 3.05) is 31.8 Å². The van der Waals surface area contributed by atoms with Crippen LogP contribution in [-0.2, 0) is 4.79 Å². The van der Waals surface area contributed by atoms with E-state index in [1.807, 2.05) is 5.32 Å². The van der Waals surface area contributed by atoms with Gasteiger partial charge in [-0.05, 0) is 37.8 Å². The van der Waals surface area contributed by atoms with Gasteiger partial charge in [0, 0.05) is 48.6 Å². The highest BCUT2D eigenvalue weighted by Crippen LogP contribution is 2.37. The summed E-state index contributed by atoms with van der Waals surface area (Å²) in [6, 6.07) is 6.74. The van der Waals surface area contributed by atoms with Gasteiger partial charge >= 0.3 is 0 Å². The summed E-state index contributed by atoms with van der Waals surface area (Å²) in [6.45, 7) is -2.76. The number of methoxy groups -OCH3 is 1. The van der Waals surface area contributed by atoms with E-state index in [1.54, 1.807) is 30.1 Å². The number of nitrogens with zero attached hydrogens (tertiary/aromatic N) is 5. The van der Waals surface area contributed by atoms with Crippen LogP contribution in [0.25, 0.3) is 11.4 Å². The summed E-state index contributed by atoms with van der Waals surface area (Å²) in [4.78, 5) is 48.2. The van der Waals surface area contributed by atoms with Crippen molar-refractivity contribution in [2.45, 2.75) is 31.7 Å². The van der Waals surface area contributed by atoms with Gasteiger partial charge < -0.3 is 25.6 Å². The molecule has 3 amide bonds. The predicted molar refractivity (Wildman–Crippen MR) is 139 cm³/mol. The third-order valence-electron chi connectivity index (χ3n) is 6.37. The first-order valence-corrected chi connectivity index (χ1v) is 12.1. The zero-order valence-electron chi connectivity index (χ0n) is 23.8. The van der Waals surface area contributed by atoms with Gasteiger partial charge in [0.25, 0.3) is 11.8 Å². The Balaban J connectivity index is 1.45. The van der Waals surface area contributed by atoms with E-state index >= 15 is 0 Å². The van der Waals surface area contributed by atoms with Gasteiger partial charge in [-0.1, -0.05) is 6.07 Å². The molecule has 2 aliphatic rings. The number of carbonyl (C=O) groups excluding carboxylic acids is 3. The highest BCUT2D eigenvalue weighted by molar-refractivity contribution is 6.00. The van der Waals surface area contributed by atoms with Crippen LogP contribution < -0.4 is 20.7 Å². The molecular weight excluding hydrogens is 488 g/mol. The minimum absolute atomic E-state index is 0.0771. The summed E-state index contributed by atoms with van der Waals surface area (Å²) in [7, 11) is 3.20. The van der Waals surface area contributed by atoms with Crippen molar-refractivity contribution in [1.82, 2.24) is 30.4 Å². The summed E-state index contributed by atoms with van der Waals surface area (Å²) in [5.41, 5.74) is 0.998. The Morgan fingerprint density at radius 1 is 1.08 bits per heavy atom. The smallest absolute Gasteiger partial charge is 0.273 e. The van der Waals surface area contributed by atoms with Gasteiger partial charge in [-0.25, -0.2) is 9.97 Å². The van der Waals surface area contributed by atoms with Crippen LogP contribution in [0.2, 0.25) is 0 Å². The van der Waals surface area contributed by atoms with Crippen LogP contribution >= 0.6 is 0 Å². The van der Waals surface area contributed by atoms with Gasteiger partial charge in [-0.2, -0.15) is 0 Å². The molecule has 0 aliphatic heterocycles. The molecule has 0 atom stereocenters. The number of aromatic nitrogens is 4. The number of anilines is 3. The average Bonchev–Trinajstić information content (AvgIpc) is 3.85. The molecule has 2 aliphatic carbocycles. The van der Waals surface area contributed by atoms with E-state index < -0.39 is 12.9 Å². The molecule has 3 aromatic rings. The number of hydrogen-bond acceptors (Lipinski definition) is 9. The molecule has 0 bridgehead atoms. The van der Waals surface area contributed by atoms with E-state index in [-0.39, 0.29) is 41.0 Å². The highest BCUT2D eigenvalue weighted by Gasteiger charge is 2.31. The van der Waals surface area contributed by atoms with E-state index in [4.69, 9.17) is 8.85 Å². The SMILES string of the molecule is [2H]C([2H])([2H])NC(=O)c1nnc(NC(=O)C2CC2)cc1Nc1cccc(-c2ncc(C(=O)N(C)C3CC3)cn2)c1OC. The minimum atomic E-state index is -2.76. The average molecular weight is 520 g/mol. The lowest BCUT2D eigenvalue weighted by atomic mass is 10.1. The molecule has 196 valence electrons. The molecule has 38 heavy (non-hydrogen) atoms. The van der Waals surface area contributed by atoms with Gasteiger partial charge in [0.1, 0.15) is 0 Å². The van der Waals surface area contributed by atoms with Crippen molar-refractivity contribution in [3.8, 4) is 17.1 Å². The van der Waals surface area contributed by atoms with E-state index in [0.717, 1.165) is 25.7 Å². The normalized spacial score (nSPS) is 15.9. The monoisotopic (exact) mass is 519 g/mol. The van der Waals surface area contributed by atoms with E-state index in [9.17, 15) is 14.4 Å². The van der Waals surface area contributed by atoms with Crippen LogP contribution in [-0.4, -0.2) is 70.0 Å². The molecular formula is C26H28N8O4. The second kappa shape index (κ2) is 10.4. The topological polar surface area (TPSA) is 151 Å². The first-order valence-electron chi connectivity index (χ1n) is 13.6. The Morgan fingerprint density at radius 3 is 2.50 bits per heavy atom. The predicted octanol–water partition coefficient (Wildman–Crippen LogP) is 2.63. The maximum Gasteiger partial charge on any atom is 0.273 e. The summed E-state index contributed by atoms with van der Waals surface area (Å²) in [5, 5.41) is 15.4. The Kier molecular flexibility index (Phi) is 5.88. The van der Waals surface area contributed by atoms with Crippen molar-refractivity contribution in [3.05, 3.63) is 47.9 Å². The molecule has 12 nitrogen and oxygen atoms in total. The molecule has 0 unspecified atom stereocenters. The zero-order chi connectivity index (χ0) is 29.3. The fraction of sp³-hybridized carbons (Fsp3) is 0.346. The van der Waals surface area contributed by atoms with Crippen molar-refractivity contribution in [1.29, 1.82) is 0 Å². The van der Waals surface area contributed by atoms with Crippen molar-refractivity contribution in [2.24, 2.45) is 5.92 Å². The third-order valence-corrected chi connectivity index (χ3v) is 6.37. The molecule has 2 fully saturated rings. The second-order valence-electron chi connectivity index (χ2n) is 9.16. The lowest BCUT2D eigenvalue weighted by molar-refractivity contribution is -0.117. The molecule has 0 spiro atoms. The second-order valence-corrected chi connectivity index (χ2v) is 9.16. The van der Waals surface area contributed by atoms with Gasteiger partial charge in [-0.15, -0.1) is 10.2 Å². The number of nitrogens with one attached hydrogen (secondary N) is 3. The molecule has 5 rings (SSSR count). The summed E-state index contributed by atoms with van der Waals surface area (Å²) >= 11 is 0. The molecule has 0 saturated heterocycles. The van der Waals surface area contributed by atoms with Gasteiger partial charge in [0.05, 0.1) is 29.6 Å². The summed E-state index contributed by atoms with van der Waals surface area (Å²) < 4.78 is 27.8. The Hall–Kier alpha value is -4.61. The number of hydrogen-bond donors (Lipinski definition) is 3. The Labute approximate surface area is 223 Å². The van der Waals surface area contributed by atoms with Gasteiger partial charge in [0.15, 0.2) is 23.1 Å². The maximum atomic E-state index is 12.8. The molecule has 2 heterocycles. The van der Waals surface area contributed by atoms with Crippen molar-refractivity contribution < 1.29 is 23.2 Å². The van der Waals surface area contributed by atoms with E-state index in [0.29, 0.717) is 28.4 Å². The Bertz CT molecular complexity index is 1490. The van der Waals surface area contributed by atoms with Gasteiger partial charge in [0.2, 0.25) is 5.91 Å². The lowest BCUT2D eigenvalue weighted by Crippen LogP contribution is -2.28. The highest BCUT2D eigenvalue weighted by atomic mass is 16.5. The summed E-state index contributed by atoms with van der Waals surface area (Å²) in [5.74, 6) is -0.768. The Morgan fingerprint density at radius 2 is 1.84 bits per heavy atom. The van der Waals surface area contributed by atoms with Crippen LogP contribution in [0.3, 0.4) is 0 Å². The fourth-order valence-corrected chi connectivity index (χ4v) is 3.93. The number of ether oxygens (including phenoxy) is 1. The number of carbonyl (C=O) groups is 3. The van der Waals surface area contributed by atoms with Crippen molar-refractivity contribution in [3.63, 3.8) is 0 Å². The van der Waals surface area contributed by atoms with Crippen LogP contribution in [0.15, 0.2) is 36.7 Å². The number of rotatable bonds is 9. The van der Waals surface area contributed by atoms with Crippen LogP contribution in [0.4, 0.5) is 17.2 Å². The molecule has 2 saturated carbocycles. The van der Waals surface area contributed by atoms with Gasteiger partial charge in [-0.3, -0.25) is 14.4 Å². The standard InChI is InChI=1S/C26H28N8O4/c1-27-25(36)21-19(11-20(32-33-21)31-24(35)14-7-8-14)30-18-6-4-5-17(22(18)38-3)23-28-12-15(13-29-23)26(37)34(2)16-9-10-16/h4-6,11-14,16H,7-10H2,1-3H3,(H,27,36)(H2,30,31,32,35)/i1D3. The van der Waals surface area contributed by atoms with Crippen molar-refractivity contribution >= 4 is 34.9 Å². The largest absolute Gasteiger partial charge is 0.494 e. The molecule has 0 radical (unpaired) electrons. The van der Waals surface area contributed by atoms with Crippen LogP contribution in [0.5, 0.6) is 5.75 Å². The van der Waals surface area contributed by atoms with Crippen LogP contribution in [0.1, 0.15) is 50.6 Å². The zero-order valence-corrected chi connectivity index (χ0v) is 20.8. The first-order chi connectivity index (χ1) is 19.5. The molecule has 2 aromatic heterocycles. The van der Waals surface area contributed by atoms with Crippen LogP contribution in [0, 0.1) is 5.92 Å².